The van der Waals surface area contributed by atoms with Gasteiger partial charge in [-0.1, -0.05) is 56.8 Å². The summed E-state index contributed by atoms with van der Waals surface area (Å²) in [7, 11) is 0. The molecule has 4 rings (SSSR count). The van der Waals surface area contributed by atoms with E-state index in [0.29, 0.717) is 27.8 Å². The van der Waals surface area contributed by atoms with E-state index < -0.39 is 0 Å². The predicted molar refractivity (Wildman–Crippen MR) is 137 cm³/mol. The van der Waals surface area contributed by atoms with Crippen molar-refractivity contribution in [2.24, 2.45) is 0 Å². The van der Waals surface area contributed by atoms with Gasteiger partial charge in [0.05, 0.1) is 17.8 Å². The Kier molecular flexibility index (Phi) is 7.14. The van der Waals surface area contributed by atoms with E-state index in [9.17, 15) is 9.59 Å². The molecule has 0 aliphatic rings. The number of hydrogen-bond donors (Lipinski definition) is 1. The number of thioether (sulfide) groups is 1. The molecule has 8 heteroatoms. The summed E-state index contributed by atoms with van der Waals surface area (Å²) in [6.45, 7) is 8.73. The highest BCUT2D eigenvalue weighted by Gasteiger charge is 2.18. The standard InChI is InChI=1S/C25H28N4O2S2/c1-5-16(4)27-20(30)14-32-25-28-21-19-7-6-12-26-23(19)33-22(21)24(31)29(25)13-17-8-10-18(11-9-17)15(2)3/h6-12,15-16H,5,13-14H2,1-4H3,(H,27,30)/t16-/m0/s1. The maximum atomic E-state index is 13.6. The molecule has 1 aromatic carbocycles. The van der Waals surface area contributed by atoms with Gasteiger partial charge in [-0.3, -0.25) is 14.2 Å². The Morgan fingerprint density at radius 3 is 2.64 bits per heavy atom. The van der Waals surface area contributed by atoms with Gasteiger partial charge < -0.3 is 5.32 Å². The molecule has 1 atom stereocenters. The maximum absolute atomic E-state index is 13.6. The van der Waals surface area contributed by atoms with E-state index in [-0.39, 0.29) is 23.3 Å². The van der Waals surface area contributed by atoms with Gasteiger partial charge in [0.15, 0.2) is 5.16 Å². The van der Waals surface area contributed by atoms with E-state index >= 15 is 0 Å². The Balaban J connectivity index is 1.74. The van der Waals surface area contributed by atoms with Gasteiger partial charge in [-0.15, -0.1) is 11.3 Å². The molecule has 3 heterocycles. The van der Waals surface area contributed by atoms with Gasteiger partial charge in [0.25, 0.3) is 5.56 Å². The third kappa shape index (κ3) is 5.12. The molecule has 0 radical (unpaired) electrons. The first-order valence-electron chi connectivity index (χ1n) is 11.2. The minimum Gasteiger partial charge on any atom is -0.353 e. The zero-order valence-electron chi connectivity index (χ0n) is 19.3. The molecule has 1 N–H and O–H groups in total. The van der Waals surface area contributed by atoms with E-state index in [1.165, 1.54) is 28.7 Å². The number of nitrogens with one attached hydrogen (secondary N) is 1. The number of amides is 1. The van der Waals surface area contributed by atoms with Crippen LogP contribution in [-0.2, 0) is 11.3 Å². The summed E-state index contributed by atoms with van der Waals surface area (Å²) >= 11 is 2.67. The Hall–Kier alpha value is -2.71. The molecule has 172 valence electrons. The van der Waals surface area contributed by atoms with Gasteiger partial charge in [-0.05, 0) is 42.5 Å². The van der Waals surface area contributed by atoms with E-state index in [1.54, 1.807) is 10.8 Å². The van der Waals surface area contributed by atoms with Crippen molar-refractivity contribution in [3.05, 3.63) is 64.1 Å². The zero-order valence-corrected chi connectivity index (χ0v) is 20.9. The van der Waals surface area contributed by atoms with Crippen LogP contribution in [0.4, 0.5) is 0 Å². The summed E-state index contributed by atoms with van der Waals surface area (Å²) in [6, 6.07) is 12.2. The van der Waals surface area contributed by atoms with Gasteiger partial charge in [-0.25, -0.2) is 9.97 Å². The third-order valence-corrected chi connectivity index (χ3v) is 7.72. The highest BCUT2D eigenvalue weighted by Crippen LogP contribution is 2.30. The first-order valence-corrected chi connectivity index (χ1v) is 13.0. The normalized spacial score (nSPS) is 12.5. The first-order chi connectivity index (χ1) is 15.9. The average molecular weight is 481 g/mol. The van der Waals surface area contributed by atoms with Gasteiger partial charge in [0.2, 0.25) is 5.91 Å². The summed E-state index contributed by atoms with van der Waals surface area (Å²) in [6.07, 6.45) is 2.59. The quantitative estimate of drug-likeness (QED) is 0.278. The van der Waals surface area contributed by atoms with Crippen LogP contribution < -0.4 is 10.9 Å². The van der Waals surface area contributed by atoms with Crippen LogP contribution in [0.3, 0.4) is 0 Å². The number of carbonyl (C=O) groups excluding carboxylic acids is 1. The number of hydrogen-bond acceptors (Lipinski definition) is 6. The fourth-order valence-electron chi connectivity index (χ4n) is 3.53. The van der Waals surface area contributed by atoms with E-state index in [4.69, 9.17) is 4.98 Å². The maximum Gasteiger partial charge on any atom is 0.272 e. The number of carbonyl (C=O) groups is 1. The minimum atomic E-state index is -0.0965. The van der Waals surface area contributed by atoms with Crippen molar-refractivity contribution >= 4 is 49.4 Å². The van der Waals surface area contributed by atoms with E-state index in [2.05, 4.69) is 48.4 Å². The molecule has 0 aliphatic carbocycles. The molecule has 0 saturated heterocycles. The number of fused-ring (bicyclic) bond motifs is 3. The van der Waals surface area contributed by atoms with Crippen LogP contribution in [0.25, 0.3) is 20.4 Å². The first kappa shape index (κ1) is 23.4. The van der Waals surface area contributed by atoms with Crippen molar-refractivity contribution in [1.82, 2.24) is 19.9 Å². The Morgan fingerprint density at radius 2 is 1.94 bits per heavy atom. The molecule has 0 bridgehead atoms. The number of nitrogens with zero attached hydrogens (tertiary/aromatic N) is 3. The van der Waals surface area contributed by atoms with E-state index in [0.717, 1.165) is 22.2 Å². The summed E-state index contributed by atoms with van der Waals surface area (Å²) < 4.78 is 2.28. The van der Waals surface area contributed by atoms with Crippen molar-refractivity contribution in [2.45, 2.75) is 57.8 Å². The topological polar surface area (TPSA) is 76.9 Å². The Morgan fingerprint density at radius 1 is 1.18 bits per heavy atom. The molecule has 0 unspecified atom stereocenters. The van der Waals surface area contributed by atoms with Crippen LogP contribution in [-0.4, -0.2) is 32.2 Å². The lowest BCUT2D eigenvalue weighted by Crippen LogP contribution is -2.33. The lowest BCUT2D eigenvalue weighted by molar-refractivity contribution is -0.119. The number of benzene rings is 1. The largest absolute Gasteiger partial charge is 0.353 e. The van der Waals surface area contributed by atoms with Crippen LogP contribution >= 0.6 is 23.1 Å². The SMILES string of the molecule is CC[C@H](C)NC(=O)CSc1nc2c(sc3ncccc32)c(=O)n1Cc1ccc(C(C)C)cc1. The second-order valence-corrected chi connectivity index (χ2v) is 10.4. The smallest absolute Gasteiger partial charge is 0.272 e. The minimum absolute atomic E-state index is 0.0617. The molecule has 3 aromatic heterocycles. The van der Waals surface area contributed by atoms with Crippen LogP contribution in [0.15, 0.2) is 52.5 Å². The molecule has 4 aromatic rings. The molecule has 33 heavy (non-hydrogen) atoms. The Labute approximate surface area is 201 Å². The van der Waals surface area contributed by atoms with Crippen molar-refractivity contribution < 1.29 is 4.79 Å². The van der Waals surface area contributed by atoms with E-state index in [1.807, 2.05) is 26.0 Å². The van der Waals surface area contributed by atoms with Gasteiger partial charge in [-0.2, -0.15) is 0 Å². The fourth-order valence-corrected chi connectivity index (χ4v) is 5.36. The lowest BCUT2D eigenvalue weighted by atomic mass is 10.0. The molecule has 0 fully saturated rings. The summed E-state index contributed by atoms with van der Waals surface area (Å²) in [5.41, 5.74) is 2.84. The van der Waals surface area contributed by atoms with Gasteiger partial charge in [0.1, 0.15) is 9.53 Å². The van der Waals surface area contributed by atoms with Gasteiger partial charge in [0, 0.05) is 17.6 Å². The van der Waals surface area contributed by atoms with Crippen LogP contribution in [0.1, 0.15) is 51.2 Å². The fraction of sp³-hybridized carbons (Fsp3) is 0.360. The monoisotopic (exact) mass is 480 g/mol. The van der Waals surface area contributed by atoms with Crippen LogP contribution in [0.5, 0.6) is 0 Å². The highest BCUT2D eigenvalue weighted by molar-refractivity contribution is 7.99. The van der Waals surface area contributed by atoms with Crippen molar-refractivity contribution in [3.8, 4) is 0 Å². The molecule has 6 nitrogen and oxygen atoms in total. The average Bonchev–Trinajstić information content (AvgIpc) is 3.19. The summed E-state index contributed by atoms with van der Waals surface area (Å²) in [5, 5.41) is 4.39. The zero-order chi connectivity index (χ0) is 23.5. The summed E-state index contributed by atoms with van der Waals surface area (Å²) in [4.78, 5) is 36.0. The molecular formula is C25H28N4O2S2. The Bertz CT molecular complexity index is 1340. The predicted octanol–water partition coefficient (Wildman–Crippen LogP) is 5.18. The number of aromatic nitrogens is 3. The van der Waals surface area contributed by atoms with Crippen molar-refractivity contribution in [3.63, 3.8) is 0 Å². The third-order valence-electron chi connectivity index (χ3n) is 5.66. The number of thiophene rings is 1. The molecule has 0 spiro atoms. The molecule has 0 saturated carbocycles. The van der Waals surface area contributed by atoms with Crippen molar-refractivity contribution in [1.29, 1.82) is 0 Å². The second-order valence-electron chi connectivity index (χ2n) is 8.48. The van der Waals surface area contributed by atoms with Crippen molar-refractivity contribution in [2.75, 3.05) is 5.75 Å². The molecule has 1 amide bonds. The molecule has 0 aliphatic heterocycles. The highest BCUT2D eigenvalue weighted by atomic mass is 32.2. The number of rotatable bonds is 8. The summed E-state index contributed by atoms with van der Waals surface area (Å²) in [5.74, 6) is 0.587. The molecular weight excluding hydrogens is 452 g/mol. The lowest BCUT2D eigenvalue weighted by Gasteiger charge is -2.14. The second kappa shape index (κ2) is 10.1. The van der Waals surface area contributed by atoms with Gasteiger partial charge >= 0.3 is 0 Å². The van der Waals surface area contributed by atoms with Crippen LogP contribution in [0, 0.1) is 0 Å². The van der Waals surface area contributed by atoms with Crippen LogP contribution in [0.2, 0.25) is 0 Å². The number of pyridine rings is 1.